The quantitative estimate of drug-likeness (QED) is 0.724. The number of nitrogens with zero attached hydrogens (tertiary/aromatic N) is 3. The molecule has 0 unspecified atom stereocenters. The van der Waals surface area contributed by atoms with E-state index in [-0.39, 0.29) is 36.5 Å². The van der Waals surface area contributed by atoms with Crippen molar-refractivity contribution >= 4 is 36.4 Å². The molecular weight excluding hydrogens is 414 g/mol. The molecule has 0 aliphatic carbocycles. The van der Waals surface area contributed by atoms with E-state index < -0.39 is 0 Å². The minimum atomic E-state index is -0.283. The molecule has 1 aromatic carbocycles. The zero-order valence-electron chi connectivity index (χ0n) is 17.5. The Hall–Kier alpha value is -1.08. The number of anilines is 1. The second kappa shape index (κ2) is 12.6. The van der Waals surface area contributed by atoms with Crippen molar-refractivity contribution in [1.82, 2.24) is 15.1 Å². The molecule has 5 nitrogen and oxygen atoms in total. The van der Waals surface area contributed by atoms with Gasteiger partial charge in [0.2, 0.25) is 0 Å². The van der Waals surface area contributed by atoms with E-state index in [0.29, 0.717) is 17.2 Å². The molecule has 0 radical (unpaired) electrons. The van der Waals surface area contributed by atoms with Gasteiger partial charge in [0.15, 0.2) is 0 Å². The number of benzene rings is 1. The van der Waals surface area contributed by atoms with Crippen molar-refractivity contribution in [3.05, 3.63) is 29.6 Å². The predicted octanol–water partition coefficient (Wildman–Crippen LogP) is 3.27. The van der Waals surface area contributed by atoms with Crippen molar-refractivity contribution < 1.29 is 9.18 Å². The second-order valence-electron chi connectivity index (χ2n) is 7.72. The number of rotatable bonds is 6. The maximum Gasteiger partial charge on any atom is 0.253 e. The summed E-state index contributed by atoms with van der Waals surface area (Å²) in [6.45, 7) is 9.34. The van der Waals surface area contributed by atoms with Crippen molar-refractivity contribution in [1.29, 1.82) is 0 Å². The molecule has 2 saturated heterocycles. The molecule has 0 atom stereocenters. The van der Waals surface area contributed by atoms with Crippen molar-refractivity contribution in [2.24, 2.45) is 5.92 Å². The Balaban J connectivity index is 0.00000210. The van der Waals surface area contributed by atoms with Gasteiger partial charge < -0.3 is 20.0 Å². The molecule has 166 valence electrons. The fourth-order valence-electron chi connectivity index (χ4n) is 4.16. The van der Waals surface area contributed by atoms with E-state index >= 15 is 0 Å². The number of carbonyl (C=O) groups is 1. The number of hydrogen-bond acceptors (Lipinski definition) is 4. The van der Waals surface area contributed by atoms with Crippen LogP contribution in [0.25, 0.3) is 0 Å². The summed E-state index contributed by atoms with van der Waals surface area (Å²) in [5.74, 6) is 0.362. The largest absolute Gasteiger partial charge is 0.367 e. The van der Waals surface area contributed by atoms with Crippen LogP contribution in [0.4, 0.5) is 10.1 Å². The number of likely N-dealkylation sites (tertiary alicyclic amines) is 1. The number of piperazine rings is 1. The van der Waals surface area contributed by atoms with Gasteiger partial charge in [0.05, 0.1) is 5.69 Å². The maximum absolute atomic E-state index is 14.7. The summed E-state index contributed by atoms with van der Waals surface area (Å²) in [5, 5.41) is 3.19. The third kappa shape index (κ3) is 6.71. The Kier molecular flexibility index (Phi) is 11.3. The van der Waals surface area contributed by atoms with Crippen LogP contribution in [-0.4, -0.2) is 75.1 Å². The van der Waals surface area contributed by atoms with Crippen LogP contribution in [0.15, 0.2) is 18.2 Å². The third-order valence-electron chi connectivity index (χ3n) is 6.06. The van der Waals surface area contributed by atoms with Crippen LogP contribution in [0.1, 0.15) is 36.5 Å². The average molecular weight is 449 g/mol. The lowest BCUT2D eigenvalue weighted by Crippen LogP contribution is -2.46. The molecule has 29 heavy (non-hydrogen) atoms. The van der Waals surface area contributed by atoms with Gasteiger partial charge in [-0.25, -0.2) is 4.39 Å². The smallest absolute Gasteiger partial charge is 0.253 e. The molecule has 2 heterocycles. The topological polar surface area (TPSA) is 38.8 Å². The maximum atomic E-state index is 14.7. The Morgan fingerprint density at radius 2 is 1.76 bits per heavy atom. The predicted molar refractivity (Wildman–Crippen MR) is 122 cm³/mol. The molecule has 0 bridgehead atoms. The minimum absolute atomic E-state index is 0. The number of hydrogen-bond donors (Lipinski definition) is 1. The van der Waals surface area contributed by atoms with Gasteiger partial charge in [-0.3, -0.25) is 4.79 Å². The highest BCUT2D eigenvalue weighted by Gasteiger charge is 2.25. The van der Waals surface area contributed by atoms with Gasteiger partial charge in [0.1, 0.15) is 5.82 Å². The molecule has 2 aliphatic rings. The number of piperidine rings is 1. The van der Waals surface area contributed by atoms with Crippen molar-refractivity contribution in [3.63, 3.8) is 0 Å². The summed E-state index contributed by atoms with van der Waals surface area (Å²) >= 11 is 0. The number of halogens is 3. The van der Waals surface area contributed by atoms with E-state index in [2.05, 4.69) is 22.0 Å². The number of nitrogens with one attached hydrogen (secondary N) is 1. The Morgan fingerprint density at radius 3 is 2.31 bits per heavy atom. The van der Waals surface area contributed by atoms with Gasteiger partial charge in [0, 0.05) is 44.8 Å². The van der Waals surface area contributed by atoms with Crippen LogP contribution in [0, 0.1) is 11.7 Å². The van der Waals surface area contributed by atoms with Gasteiger partial charge >= 0.3 is 0 Å². The van der Waals surface area contributed by atoms with Crippen LogP contribution in [0.3, 0.4) is 0 Å². The van der Waals surface area contributed by atoms with E-state index in [9.17, 15) is 9.18 Å². The van der Waals surface area contributed by atoms with E-state index in [0.717, 1.165) is 71.6 Å². The molecule has 1 aromatic rings. The lowest BCUT2D eigenvalue weighted by atomic mass is 9.93. The highest BCUT2D eigenvalue weighted by Crippen LogP contribution is 2.25. The number of likely N-dealkylation sites (N-methyl/N-ethyl adjacent to an activating group) is 1. The van der Waals surface area contributed by atoms with Crippen molar-refractivity contribution in [3.8, 4) is 0 Å². The molecule has 1 N–H and O–H groups in total. The Labute approximate surface area is 186 Å². The van der Waals surface area contributed by atoms with Crippen molar-refractivity contribution in [2.45, 2.75) is 26.2 Å². The van der Waals surface area contributed by atoms with Crippen LogP contribution in [-0.2, 0) is 0 Å². The molecule has 0 spiro atoms. The lowest BCUT2D eigenvalue weighted by molar-refractivity contribution is 0.0686. The van der Waals surface area contributed by atoms with E-state index in [4.69, 9.17) is 0 Å². The van der Waals surface area contributed by atoms with Gasteiger partial charge in [-0.1, -0.05) is 6.92 Å². The molecule has 8 heteroatoms. The van der Waals surface area contributed by atoms with Gasteiger partial charge in [0.25, 0.3) is 5.91 Å². The normalized spacial score (nSPS) is 18.2. The molecule has 1 amide bonds. The summed E-state index contributed by atoms with van der Waals surface area (Å²) in [5.41, 5.74) is 1.09. The first-order chi connectivity index (χ1) is 13.1. The zero-order chi connectivity index (χ0) is 19.2. The van der Waals surface area contributed by atoms with Gasteiger partial charge in [-0.15, -0.1) is 24.8 Å². The van der Waals surface area contributed by atoms with E-state index in [1.54, 1.807) is 12.1 Å². The van der Waals surface area contributed by atoms with Crippen molar-refractivity contribution in [2.75, 3.05) is 64.3 Å². The van der Waals surface area contributed by atoms with Gasteiger partial charge in [-0.2, -0.15) is 0 Å². The summed E-state index contributed by atoms with van der Waals surface area (Å²) in [4.78, 5) is 19.1. The minimum Gasteiger partial charge on any atom is -0.367 e. The zero-order valence-corrected chi connectivity index (χ0v) is 19.2. The lowest BCUT2D eigenvalue weighted by Gasteiger charge is -2.36. The summed E-state index contributed by atoms with van der Waals surface area (Å²) in [6, 6.07) is 5.00. The number of amides is 1. The summed E-state index contributed by atoms with van der Waals surface area (Å²) in [6.07, 6.45) is 3.23. The Morgan fingerprint density at radius 1 is 1.10 bits per heavy atom. The standard InChI is InChI=1S/C21H33FN4O.2ClH/c1-3-24-12-14-25(15-13-24)20-5-4-18(16-19(20)22)21(27)26-10-7-17(8-11-26)6-9-23-2;;/h4-5,16-17,23H,3,6-15H2,1-2H3;2*1H. The van der Waals surface area contributed by atoms with Gasteiger partial charge in [-0.05, 0) is 63.5 Å². The molecular formula is C21H35Cl2FN4O. The third-order valence-corrected chi connectivity index (χ3v) is 6.06. The Bertz CT molecular complexity index is 633. The van der Waals surface area contributed by atoms with Crippen LogP contribution < -0.4 is 10.2 Å². The highest BCUT2D eigenvalue weighted by molar-refractivity contribution is 5.94. The fraction of sp³-hybridized carbons (Fsp3) is 0.667. The first-order valence-corrected chi connectivity index (χ1v) is 10.3. The summed E-state index contributed by atoms with van der Waals surface area (Å²) < 4.78 is 14.7. The molecule has 3 rings (SSSR count). The summed E-state index contributed by atoms with van der Waals surface area (Å²) in [7, 11) is 1.97. The van der Waals surface area contributed by atoms with E-state index in [1.165, 1.54) is 6.07 Å². The fourth-order valence-corrected chi connectivity index (χ4v) is 4.16. The molecule has 0 aromatic heterocycles. The molecule has 2 fully saturated rings. The second-order valence-corrected chi connectivity index (χ2v) is 7.72. The molecule has 0 saturated carbocycles. The SMILES string of the molecule is CCN1CCN(c2ccc(C(=O)N3CCC(CCNC)CC3)cc2F)CC1.Cl.Cl. The van der Waals surface area contributed by atoms with Crippen LogP contribution in [0.5, 0.6) is 0 Å². The highest BCUT2D eigenvalue weighted by atomic mass is 35.5. The monoisotopic (exact) mass is 448 g/mol. The first kappa shape index (κ1) is 26.0. The molecule has 2 aliphatic heterocycles. The number of carbonyl (C=O) groups excluding carboxylic acids is 1. The van der Waals surface area contributed by atoms with E-state index in [1.807, 2.05) is 11.9 Å². The van der Waals surface area contributed by atoms with Crippen LogP contribution in [0.2, 0.25) is 0 Å². The van der Waals surface area contributed by atoms with Crippen LogP contribution >= 0.6 is 24.8 Å². The first-order valence-electron chi connectivity index (χ1n) is 10.3. The average Bonchev–Trinajstić information content (AvgIpc) is 2.72.